The van der Waals surface area contributed by atoms with E-state index in [4.69, 9.17) is 0 Å². The van der Waals surface area contributed by atoms with Crippen LogP contribution in [0.25, 0.3) is 0 Å². The van der Waals surface area contributed by atoms with Crippen LogP contribution in [0.3, 0.4) is 0 Å². The molecule has 0 aromatic heterocycles. The SMILES string of the molecule is CCCC1(C(=O)NS(=O)(=O)CC)CCCNC1. The number of piperidine rings is 1. The Morgan fingerprint density at radius 2 is 2.12 bits per heavy atom. The van der Waals surface area contributed by atoms with Crippen LogP contribution in [0.15, 0.2) is 0 Å². The number of amides is 1. The Morgan fingerprint density at radius 1 is 1.41 bits per heavy atom. The standard InChI is InChI=1S/C11H22N2O3S/c1-3-6-11(7-5-8-12-9-11)10(14)13-17(15,16)4-2/h12H,3-9H2,1-2H3,(H,13,14). The third-order valence-electron chi connectivity index (χ3n) is 3.31. The molecule has 0 saturated carbocycles. The predicted octanol–water partition coefficient (Wildman–Crippen LogP) is 0.622. The summed E-state index contributed by atoms with van der Waals surface area (Å²) in [5.41, 5.74) is -0.546. The molecule has 6 heteroatoms. The van der Waals surface area contributed by atoms with Gasteiger partial charge in [0.15, 0.2) is 0 Å². The fourth-order valence-corrected chi connectivity index (χ4v) is 2.93. The zero-order valence-electron chi connectivity index (χ0n) is 10.6. The molecule has 1 aliphatic heterocycles. The Labute approximate surface area is 103 Å². The van der Waals surface area contributed by atoms with Crippen molar-refractivity contribution in [3.05, 3.63) is 0 Å². The first-order valence-electron chi connectivity index (χ1n) is 6.21. The quantitative estimate of drug-likeness (QED) is 0.761. The highest BCUT2D eigenvalue weighted by molar-refractivity contribution is 7.90. The van der Waals surface area contributed by atoms with Gasteiger partial charge in [0.2, 0.25) is 15.9 Å². The summed E-state index contributed by atoms with van der Waals surface area (Å²) in [6, 6.07) is 0. The van der Waals surface area contributed by atoms with Gasteiger partial charge in [-0.3, -0.25) is 9.52 Å². The van der Waals surface area contributed by atoms with Crippen LogP contribution in [0.2, 0.25) is 0 Å². The summed E-state index contributed by atoms with van der Waals surface area (Å²) in [5, 5.41) is 3.19. The molecule has 5 nitrogen and oxygen atoms in total. The minimum absolute atomic E-state index is 0.0611. The van der Waals surface area contributed by atoms with Gasteiger partial charge in [-0.25, -0.2) is 8.42 Å². The molecule has 17 heavy (non-hydrogen) atoms. The van der Waals surface area contributed by atoms with Gasteiger partial charge in [-0.1, -0.05) is 13.3 Å². The molecule has 1 amide bonds. The molecule has 1 aliphatic rings. The van der Waals surface area contributed by atoms with Gasteiger partial charge in [-0.15, -0.1) is 0 Å². The van der Waals surface area contributed by atoms with Gasteiger partial charge in [0.1, 0.15) is 0 Å². The van der Waals surface area contributed by atoms with Gasteiger partial charge < -0.3 is 5.32 Å². The molecule has 0 aromatic rings. The summed E-state index contributed by atoms with van der Waals surface area (Å²) in [6.07, 6.45) is 3.28. The van der Waals surface area contributed by atoms with Gasteiger partial charge in [0, 0.05) is 6.54 Å². The molecule has 1 rings (SSSR count). The lowest BCUT2D eigenvalue weighted by Gasteiger charge is -2.35. The molecule has 2 N–H and O–H groups in total. The van der Waals surface area contributed by atoms with Crippen molar-refractivity contribution in [2.75, 3.05) is 18.8 Å². The molecule has 1 fully saturated rings. The van der Waals surface area contributed by atoms with Crippen LogP contribution in [-0.4, -0.2) is 33.2 Å². The number of rotatable bonds is 5. The highest BCUT2D eigenvalue weighted by Gasteiger charge is 2.39. The van der Waals surface area contributed by atoms with Crippen LogP contribution in [0, 0.1) is 5.41 Å². The van der Waals surface area contributed by atoms with Crippen LogP contribution in [0.5, 0.6) is 0 Å². The Morgan fingerprint density at radius 3 is 2.59 bits per heavy atom. The van der Waals surface area contributed by atoms with Crippen LogP contribution in [0.1, 0.15) is 39.5 Å². The molecule has 0 aromatic carbocycles. The van der Waals surface area contributed by atoms with Crippen molar-refractivity contribution in [2.45, 2.75) is 39.5 Å². The summed E-state index contributed by atoms with van der Waals surface area (Å²) in [5.74, 6) is -0.401. The first-order chi connectivity index (χ1) is 7.96. The lowest BCUT2D eigenvalue weighted by molar-refractivity contribution is -0.130. The number of hydrogen-bond acceptors (Lipinski definition) is 4. The lowest BCUT2D eigenvalue weighted by Crippen LogP contribution is -2.52. The smallest absolute Gasteiger partial charge is 0.240 e. The van der Waals surface area contributed by atoms with Crippen LogP contribution < -0.4 is 10.0 Å². The number of carbonyl (C=O) groups is 1. The average molecular weight is 262 g/mol. The topological polar surface area (TPSA) is 75.3 Å². The summed E-state index contributed by atoms with van der Waals surface area (Å²) < 4.78 is 25.1. The van der Waals surface area contributed by atoms with Gasteiger partial charge in [-0.05, 0) is 32.7 Å². The van der Waals surface area contributed by atoms with E-state index >= 15 is 0 Å². The summed E-state index contributed by atoms with van der Waals surface area (Å²) in [6.45, 7) is 5.02. The van der Waals surface area contributed by atoms with E-state index < -0.39 is 15.4 Å². The molecule has 1 heterocycles. The van der Waals surface area contributed by atoms with E-state index in [0.717, 1.165) is 32.2 Å². The largest absolute Gasteiger partial charge is 0.316 e. The highest BCUT2D eigenvalue weighted by atomic mass is 32.2. The molecule has 1 atom stereocenters. The Balaban J connectivity index is 2.80. The summed E-state index contributed by atoms with van der Waals surface area (Å²) in [4.78, 5) is 12.2. The molecular weight excluding hydrogens is 240 g/mol. The minimum Gasteiger partial charge on any atom is -0.316 e. The minimum atomic E-state index is -3.45. The predicted molar refractivity (Wildman–Crippen MR) is 67.0 cm³/mol. The maximum absolute atomic E-state index is 12.2. The van der Waals surface area contributed by atoms with Crippen molar-refractivity contribution in [3.63, 3.8) is 0 Å². The van der Waals surface area contributed by atoms with E-state index in [9.17, 15) is 13.2 Å². The van der Waals surface area contributed by atoms with Crippen LogP contribution in [0.4, 0.5) is 0 Å². The van der Waals surface area contributed by atoms with Crippen LogP contribution in [-0.2, 0) is 14.8 Å². The second kappa shape index (κ2) is 5.82. The second-order valence-corrected chi connectivity index (χ2v) is 6.66. The van der Waals surface area contributed by atoms with Crippen molar-refractivity contribution in [3.8, 4) is 0 Å². The van der Waals surface area contributed by atoms with E-state index in [1.165, 1.54) is 6.92 Å². The van der Waals surface area contributed by atoms with E-state index in [-0.39, 0.29) is 11.7 Å². The molecule has 1 saturated heterocycles. The fourth-order valence-electron chi connectivity index (χ4n) is 2.29. The Bertz CT molecular complexity index is 353. The van der Waals surface area contributed by atoms with Gasteiger partial charge in [-0.2, -0.15) is 0 Å². The molecule has 1 unspecified atom stereocenters. The number of sulfonamides is 1. The lowest BCUT2D eigenvalue weighted by atomic mass is 9.76. The van der Waals surface area contributed by atoms with Crippen molar-refractivity contribution in [2.24, 2.45) is 5.41 Å². The molecule has 0 aliphatic carbocycles. The zero-order chi connectivity index (χ0) is 12.9. The molecule has 0 bridgehead atoms. The second-order valence-electron chi connectivity index (χ2n) is 4.65. The molecule has 0 spiro atoms. The maximum Gasteiger partial charge on any atom is 0.240 e. The number of hydrogen-bond donors (Lipinski definition) is 2. The van der Waals surface area contributed by atoms with E-state index in [0.29, 0.717) is 6.54 Å². The molecule has 0 radical (unpaired) electrons. The van der Waals surface area contributed by atoms with E-state index in [1.807, 2.05) is 6.92 Å². The summed E-state index contributed by atoms with van der Waals surface area (Å²) >= 11 is 0. The van der Waals surface area contributed by atoms with Crippen molar-refractivity contribution >= 4 is 15.9 Å². The van der Waals surface area contributed by atoms with Crippen molar-refractivity contribution < 1.29 is 13.2 Å². The molecule has 100 valence electrons. The molecular formula is C11H22N2O3S. The monoisotopic (exact) mass is 262 g/mol. The fraction of sp³-hybridized carbons (Fsp3) is 0.909. The number of nitrogens with one attached hydrogen (secondary N) is 2. The summed E-state index contributed by atoms with van der Waals surface area (Å²) in [7, 11) is -3.45. The number of carbonyl (C=O) groups excluding carboxylic acids is 1. The van der Waals surface area contributed by atoms with Gasteiger partial charge in [0.05, 0.1) is 11.2 Å². The van der Waals surface area contributed by atoms with Gasteiger partial charge in [0.25, 0.3) is 0 Å². The van der Waals surface area contributed by atoms with Crippen molar-refractivity contribution in [1.29, 1.82) is 0 Å². The van der Waals surface area contributed by atoms with E-state index in [2.05, 4.69) is 10.0 Å². The third-order valence-corrected chi connectivity index (χ3v) is 4.57. The zero-order valence-corrected chi connectivity index (χ0v) is 11.4. The average Bonchev–Trinajstić information content (AvgIpc) is 2.30. The van der Waals surface area contributed by atoms with Gasteiger partial charge >= 0.3 is 0 Å². The van der Waals surface area contributed by atoms with Crippen molar-refractivity contribution in [1.82, 2.24) is 10.0 Å². The van der Waals surface area contributed by atoms with E-state index in [1.54, 1.807) is 0 Å². The first-order valence-corrected chi connectivity index (χ1v) is 7.86. The maximum atomic E-state index is 12.2. The van der Waals surface area contributed by atoms with Crippen LogP contribution >= 0.6 is 0 Å². The third kappa shape index (κ3) is 3.67. The normalized spacial score (nSPS) is 25.5. The Kier molecular flexibility index (Phi) is 4.94. The Hall–Kier alpha value is -0.620. The first kappa shape index (κ1) is 14.4. The highest BCUT2D eigenvalue weighted by Crippen LogP contribution is 2.32.